The predicted molar refractivity (Wildman–Crippen MR) is 128 cm³/mol. The fourth-order valence-corrected chi connectivity index (χ4v) is 4.54. The highest BCUT2D eigenvalue weighted by molar-refractivity contribution is 9.10. The number of aryl methyl sites for hydroxylation is 1. The fraction of sp³-hybridized carbons (Fsp3) is 0.167. The highest BCUT2D eigenvalue weighted by atomic mass is 79.9. The Labute approximate surface area is 188 Å². The first kappa shape index (κ1) is 20.9. The van der Waals surface area contributed by atoms with Gasteiger partial charge in [-0.15, -0.1) is 0 Å². The summed E-state index contributed by atoms with van der Waals surface area (Å²) in [6, 6.07) is 18.5. The summed E-state index contributed by atoms with van der Waals surface area (Å²) in [5.74, 6) is -0.544. The number of esters is 1. The van der Waals surface area contributed by atoms with E-state index >= 15 is 0 Å². The molecule has 158 valence electrons. The number of hydrogen-bond acceptors (Lipinski definition) is 3. The number of ether oxygens (including phenoxy) is 1. The van der Waals surface area contributed by atoms with Gasteiger partial charge in [-0.25, -0.2) is 4.79 Å². The minimum atomic E-state index is -0.389. The van der Waals surface area contributed by atoms with Gasteiger partial charge >= 0.3 is 5.97 Å². The fourth-order valence-electron chi connectivity index (χ4n) is 3.99. The Morgan fingerprint density at radius 1 is 1.13 bits per heavy atom. The average molecular weight is 479 g/mol. The van der Waals surface area contributed by atoms with Crippen molar-refractivity contribution in [3.63, 3.8) is 0 Å². The van der Waals surface area contributed by atoms with Crippen molar-refractivity contribution >= 4 is 49.5 Å². The molecule has 0 bridgehead atoms. The third-order valence-corrected chi connectivity index (χ3v) is 6.07. The van der Waals surface area contributed by atoms with Crippen LogP contribution in [0.2, 0.25) is 0 Å². The molecule has 0 aliphatic carbocycles. The molecule has 1 aromatic heterocycles. The van der Waals surface area contributed by atoms with Crippen molar-refractivity contribution in [1.29, 1.82) is 5.41 Å². The lowest BCUT2D eigenvalue weighted by molar-refractivity contribution is 0.0527. The zero-order valence-corrected chi connectivity index (χ0v) is 18.9. The lowest BCUT2D eigenvalue weighted by atomic mass is 9.96. The number of benzene rings is 3. The molecule has 0 aliphatic rings. The average Bonchev–Trinajstić information content (AvgIpc) is 3.02. The number of aromatic nitrogens is 1. The normalized spacial score (nSPS) is 11.1. The van der Waals surface area contributed by atoms with Crippen molar-refractivity contribution < 1.29 is 9.53 Å². The van der Waals surface area contributed by atoms with Gasteiger partial charge in [0.05, 0.1) is 29.9 Å². The molecule has 6 nitrogen and oxygen atoms in total. The summed E-state index contributed by atoms with van der Waals surface area (Å²) in [6.07, 6.45) is 0. The molecule has 4 aromatic rings. The van der Waals surface area contributed by atoms with Crippen molar-refractivity contribution in [3.8, 4) is 11.1 Å². The van der Waals surface area contributed by atoms with Crippen LogP contribution >= 0.6 is 15.9 Å². The van der Waals surface area contributed by atoms with E-state index in [1.54, 1.807) is 6.92 Å². The number of nitrogens with one attached hydrogen (secondary N) is 2. The maximum absolute atomic E-state index is 12.9. The van der Waals surface area contributed by atoms with Gasteiger partial charge in [0.2, 0.25) is 0 Å². The van der Waals surface area contributed by atoms with E-state index in [-0.39, 0.29) is 25.1 Å². The number of rotatable bonds is 5. The first-order valence-corrected chi connectivity index (χ1v) is 10.8. The second kappa shape index (κ2) is 8.43. The zero-order chi connectivity index (χ0) is 22.1. The van der Waals surface area contributed by atoms with Crippen LogP contribution < -0.4 is 11.1 Å². The van der Waals surface area contributed by atoms with Crippen LogP contribution in [0.1, 0.15) is 23.0 Å². The van der Waals surface area contributed by atoms with E-state index in [2.05, 4.69) is 45.5 Å². The largest absolute Gasteiger partial charge is 0.462 e. The van der Waals surface area contributed by atoms with Crippen molar-refractivity contribution in [3.05, 3.63) is 70.3 Å². The second-order valence-corrected chi connectivity index (χ2v) is 8.10. The van der Waals surface area contributed by atoms with Crippen LogP contribution in [-0.4, -0.2) is 23.1 Å². The smallest absolute Gasteiger partial charge is 0.340 e. The first-order chi connectivity index (χ1) is 14.9. The van der Waals surface area contributed by atoms with Crippen molar-refractivity contribution in [2.45, 2.75) is 13.5 Å². The molecule has 0 radical (unpaired) electrons. The minimum Gasteiger partial charge on any atom is -0.462 e. The summed E-state index contributed by atoms with van der Waals surface area (Å²) in [6.45, 7) is 2.31. The van der Waals surface area contributed by atoms with Crippen LogP contribution in [0.5, 0.6) is 0 Å². The van der Waals surface area contributed by atoms with Gasteiger partial charge in [-0.2, -0.15) is 0 Å². The van der Waals surface area contributed by atoms with Gasteiger partial charge in [-0.05, 0) is 41.0 Å². The van der Waals surface area contributed by atoms with E-state index in [0.717, 1.165) is 37.3 Å². The summed E-state index contributed by atoms with van der Waals surface area (Å²) in [5.41, 5.74) is 9.65. The Bertz CT molecular complexity index is 1320. The number of guanidine groups is 1. The summed E-state index contributed by atoms with van der Waals surface area (Å²) in [4.78, 5) is 12.9. The standard InChI is InChI=1S/C24H23BrN4O2/c1-3-31-23(30)22-18-11-17(16-10-6-8-14-7-4-5-9-15(14)16)19(25)12-20(18)29(2)21(22)13-28-24(26)27/h4-12H,3,13H2,1-2H3,(H4,26,27,28). The van der Waals surface area contributed by atoms with Gasteiger partial charge in [0.15, 0.2) is 5.96 Å². The lowest BCUT2D eigenvalue weighted by Gasteiger charge is -2.10. The van der Waals surface area contributed by atoms with E-state index in [9.17, 15) is 4.79 Å². The van der Waals surface area contributed by atoms with Crippen LogP contribution in [0, 0.1) is 5.41 Å². The molecular formula is C24H23BrN4O2. The number of nitrogens with two attached hydrogens (primary N) is 1. The van der Waals surface area contributed by atoms with Gasteiger partial charge in [0.25, 0.3) is 0 Å². The molecule has 0 saturated carbocycles. The summed E-state index contributed by atoms with van der Waals surface area (Å²) in [5, 5.41) is 13.4. The predicted octanol–water partition coefficient (Wildman–Crippen LogP) is 4.92. The van der Waals surface area contributed by atoms with Crippen LogP contribution in [0.15, 0.2) is 59.1 Å². The molecule has 0 aliphatic heterocycles. The van der Waals surface area contributed by atoms with E-state index in [1.165, 1.54) is 0 Å². The maximum atomic E-state index is 12.9. The van der Waals surface area contributed by atoms with Gasteiger partial charge in [-0.1, -0.05) is 58.4 Å². The van der Waals surface area contributed by atoms with E-state index in [1.807, 2.05) is 41.9 Å². The molecule has 3 aromatic carbocycles. The molecule has 31 heavy (non-hydrogen) atoms. The Balaban J connectivity index is 1.99. The van der Waals surface area contributed by atoms with Gasteiger partial charge < -0.3 is 20.4 Å². The SMILES string of the molecule is CCOC(=O)c1c(CNC(=N)N)n(C)c2cc(Br)c(-c3cccc4ccccc34)cc12. The molecular weight excluding hydrogens is 456 g/mol. The quantitative estimate of drug-likeness (QED) is 0.215. The van der Waals surface area contributed by atoms with Crippen LogP contribution in [0.4, 0.5) is 0 Å². The Morgan fingerprint density at radius 3 is 2.61 bits per heavy atom. The second-order valence-electron chi connectivity index (χ2n) is 7.24. The van der Waals surface area contributed by atoms with Gasteiger partial charge in [0.1, 0.15) is 0 Å². The van der Waals surface area contributed by atoms with Crippen LogP contribution in [-0.2, 0) is 18.3 Å². The van der Waals surface area contributed by atoms with Gasteiger partial charge in [0, 0.05) is 16.9 Å². The number of halogens is 1. The van der Waals surface area contributed by atoms with Gasteiger partial charge in [-0.3, -0.25) is 5.41 Å². The lowest BCUT2D eigenvalue weighted by Crippen LogP contribution is -2.31. The Morgan fingerprint density at radius 2 is 1.87 bits per heavy atom. The molecule has 0 atom stereocenters. The van der Waals surface area contributed by atoms with E-state index in [0.29, 0.717) is 11.3 Å². The summed E-state index contributed by atoms with van der Waals surface area (Å²) in [7, 11) is 1.90. The third kappa shape index (κ3) is 3.77. The monoisotopic (exact) mass is 478 g/mol. The van der Waals surface area contributed by atoms with Crippen LogP contribution in [0.3, 0.4) is 0 Å². The third-order valence-electron chi connectivity index (χ3n) is 5.42. The Kier molecular flexibility index (Phi) is 5.69. The van der Waals surface area contributed by atoms with E-state index < -0.39 is 0 Å². The molecule has 4 rings (SSSR count). The number of carbonyl (C=O) groups is 1. The first-order valence-electron chi connectivity index (χ1n) is 9.96. The molecule has 0 fully saturated rings. The highest BCUT2D eigenvalue weighted by Gasteiger charge is 2.24. The molecule has 0 unspecified atom stereocenters. The molecule has 7 heteroatoms. The highest BCUT2D eigenvalue weighted by Crippen LogP contribution is 2.39. The van der Waals surface area contributed by atoms with Crippen LogP contribution in [0.25, 0.3) is 32.8 Å². The summed E-state index contributed by atoms with van der Waals surface area (Å²) < 4.78 is 8.23. The maximum Gasteiger partial charge on any atom is 0.340 e. The number of hydrogen-bond donors (Lipinski definition) is 3. The number of nitrogens with zero attached hydrogens (tertiary/aromatic N) is 1. The van der Waals surface area contributed by atoms with E-state index in [4.69, 9.17) is 15.9 Å². The van der Waals surface area contributed by atoms with Crippen molar-refractivity contribution in [1.82, 2.24) is 9.88 Å². The number of carbonyl (C=O) groups excluding carboxylic acids is 1. The Hall–Kier alpha value is -3.32. The zero-order valence-electron chi connectivity index (χ0n) is 17.3. The molecule has 1 heterocycles. The van der Waals surface area contributed by atoms with Crippen molar-refractivity contribution in [2.24, 2.45) is 12.8 Å². The molecule has 4 N–H and O–H groups in total. The summed E-state index contributed by atoms with van der Waals surface area (Å²) >= 11 is 3.74. The number of fused-ring (bicyclic) bond motifs is 2. The molecule has 0 saturated heterocycles. The minimum absolute atomic E-state index is 0.155. The molecule has 0 spiro atoms. The molecule has 0 amide bonds. The topological polar surface area (TPSA) is 93.1 Å². The van der Waals surface area contributed by atoms with Crippen molar-refractivity contribution in [2.75, 3.05) is 6.61 Å².